The lowest BCUT2D eigenvalue weighted by molar-refractivity contribution is 0.228. The maximum atomic E-state index is 4.29. The highest BCUT2D eigenvalue weighted by Crippen LogP contribution is 2.11. The average Bonchev–Trinajstić information content (AvgIpc) is 2.38. The Morgan fingerprint density at radius 1 is 1.24 bits per heavy atom. The van der Waals surface area contributed by atoms with Crippen molar-refractivity contribution in [2.45, 2.75) is 25.7 Å². The molecule has 0 saturated carbocycles. The first-order chi connectivity index (χ1) is 8.34. The van der Waals surface area contributed by atoms with E-state index in [1.807, 2.05) is 18.3 Å². The van der Waals surface area contributed by atoms with Crippen molar-refractivity contribution in [2.75, 3.05) is 31.5 Å². The van der Waals surface area contributed by atoms with Crippen molar-refractivity contribution in [3.8, 4) is 0 Å². The molecule has 1 aromatic rings. The molecule has 0 bridgehead atoms. The fourth-order valence-corrected chi connectivity index (χ4v) is 2.42. The van der Waals surface area contributed by atoms with Crippen LogP contribution in [0.4, 0.5) is 5.82 Å². The summed E-state index contributed by atoms with van der Waals surface area (Å²) in [5, 5.41) is 3.35. The minimum atomic E-state index is 0.965. The highest BCUT2D eigenvalue weighted by atomic mass is 79.9. The van der Waals surface area contributed by atoms with Crippen molar-refractivity contribution in [1.82, 2.24) is 9.88 Å². The van der Waals surface area contributed by atoms with Gasteiger partial charge in [0, 0.05) is 17.2 Å². The van der Waals surface area contributed by atoms with Crippen molar-refractivity contribution in [3.63, 3.8) is 0 Å². The van der Waals surface area contributed by atoms with Gasteiger partial charge in [-0.1, -0.05) is 6.42 Å². The molecule has 0 aliphatic carbocycles. The van der Waals surface area contributed by atoms with Crippen LogP contribution in [0.25, 0.3) is 0 Å². The van der Waals surface area contributed by atoms with Crippen LogP contribution >= 0.6 is 15.9 Å². The fraction of sp³-hybridized carbons (Fsp3) is 0.615. The van der Waals surface area contributed by atoms with E-state index in [1.54, 1.807) is 0 Å². The van der Waals surface area contributed by atoms with E-state index >= 15 is 0 Å². The van der Waals surface area contributed by atoms with E-state index in [2.05, 4.69) is 31.1 Å². The molecule has 17 heavy (non-hydrogen) atoms. The third-order valence-electron chi connectivity index (χ3n) is 3.13. The Labute approximate surface area is 112 Å². The van der Waals surface area contributed by atoms with E-state index in [1.165, 1.54) is 45.3 Å². The van der Waals surface area contributed by atoms with Gasteiger partial charge in [0.2, 0.25) is 0 Å². The molecule has 4 heteroatoms. The zero-order chi connectivity index (χ0) is 11.9. The third kappa shape index (κ3) is 4.64. The summed E-state index contributed by atoms with van der Waals surface area (Å²) in [4.78, 5) is 6.86. The Kier molecular flexibility index (Phi) is 5.26. The maximum absolute atomic E-state index is 4.29. The molecule has 2 rings (SSSR count). The lowest BCUT2D eigenvalue weighted by Gasteiger charge is -2.26. The Bertz CT molecular complexity index is 320. The highest BCUT2D eigenvalue weighted by Gasteiger charge is 2.08. The second-order valence-electron chi connectivity index (χ2n) is 4.54. The summed E-state index contributed by atoms with van der Waals surface area (Å²) in [6.07, 6.45) is 7.19. The number of nitrogens with zero attached hydrogens (tertiary/aromatic N) is 2. The molecule has 1 fully saturated rings. The van der Waals surface area contributed by atoms with E-state index in [0.29, 0.717) is 0 Å². The minimum Gasteiger partial charge on any atom is -0.370 e. The molecular weight excluding hydrogens is 278 g/mol. The van der Waals surface area contributed by atoms with E-state index < -0.39 is 0 Å². The van der Waals surface area contributed by atoms with Gasteiger partial charge in [-0.3, -0.25) is 0 Å². The Morgan fingerprint density at radius 2 is 2.06 bits per heavy atom. The number of pyridine rings is 1. The van der Waals surface area contributed by atoms with Gasteiger partial charge in [0.05, 0.1) is 0 Å². The summed E-state index contributed by atoms with van der Waals surface area (Å²) < 4.78 is 1.02. The monoisotopic (exact) mass is 297 g/mol. The number of aromatic nitrogens is 1. The number of rotatable bonds is 5. The predicted molar refractivity (Wildman–Crippen MR) is 75.3 cm³/mol. The molecule has 0 unspecified atom stereocenters. The molecule has 0 aromatic carbocycles. The SMILES string of the molecule is Brc1ccc(NCCCN2CCCCC2)nc1. The number of halogens is 1. The maximum Gasteiger partial charge on any atom is 0.125 e. The summed E-state index contributed by atoms with van der Waals surface area (Å²) in [7, 11) is 0. The summed E-state index contributed by atoms with van der Waals surface area (Å²) in [6.45, 7) is 4.79. The lowest BCUT2D eigenvalue weighted by atomic mass is 10.1. The first-order valence-corrected chi connectivity index (χ1v) is 7.22. The van der Waals surface area contributed by atoms with Gasteiger partial charge in [-0.05, 0) is 67.0 Å². The van der Waals surface area contributed by atoms with Crippen LogP contribution in [0.15, 0.2) is 22.8 Å². The Hall–Kier alpha value is -0.610. The van der Waals surface area contributed by atoms with E-state index in [4.69, 9.17) is 0 Å². The molecule has 1 aliphatic rings. The van der Waals surface area contributed by atoms with Crippen molar-refractivity contribution < 1.29 is 0 Å². The molecule has 0 spiro atoms. The van der Waals surface area contributed by atoms with Crippen molar-refractivity contribution >= 4 is 21.7 Å². The molecule has 94 valence electrons. The van der Waals surface area contributed by atoms with E-state index in [9.17, 15) is 0 Å². The number of likely N-dealkylation sites (tertiary alicyclic amines) is 1. The molecule has 1 N–H and O–H groups in total. The molecule has 3 nitrogen and oxygen atoms in total. The van der Waals surface area contributed by atoms with Crippen LogP contribution < -0.4 is 5.32 Å². The van der Waals surface area contributed by atoms with Gasteiger partial charge in [-0.15, -0.1) is 0 Å². The number of piperidine rings is 1. The smallest absolute Gasteiger partial charge is 0.125 e. The lowest BCUT2D eigenvalue weighted by Crippen LogP contribution is -2.31. The van der Waals surface area contributed by atoms with Gasteiger partial charge in [0.15, 0.2) is 0 Å². The third-order valence-corrected chi connectivity index (χ3v) is 3.60. The average molecular weight is 298 g/mol. The number of anilines is 1. The van der Waals surface area contributed by atoms with Crippen LogP contribution in [0.5, 0.6) is 0 Å². The van der Waals surface area contributed by atoms with Crippen LogP contribution in [0.3, 0.4) is 0 Å². The van der Waals surface area contributed by atoms with Gasteiger partial charge in [-0.25, -0.2) is 4.98 Å². The fourth-order valence-electron chi connectivity index (χ4n) is 2.18. The summed E-state index contributed by atoms with van der Waals surface area (Å²) in [5.74, 6) is 0.965. The summed E-state index contributed by atoms with van der Waals surface area (Å²) in [6, 6.07) is 4.02. The highest BCUT2D eigenvalue weighted by molar-refractivity contribution is 9.10. The van der Waals surface area contributed by atoms with Crippen LogP contribution in [-0.2, 0) is 0 Å². The van der Waals surface area contributed by atoms with E-state index in [0.717, 1.165) is 16.8 Å². The molecule has 0 atom stereocenters. The second-order valence-corrected chi connectivity index (χ2v) is 5.46. The molecule has 2 heterocycles. The van der Waals surface area contributed by atoms with Crippen LogP contribution in [-0.4, -0.2) is 36.1 Å². The quantitative estimate of drug-likeness (QED) is 0.847. The molecule has 0 amide bonds. The zero-order valence-corrected chi connectivity index (χ0v) is 11.7. The predicted octanol–water partition coefficient (Wildman–Crippen LogP) is 3.13. The number of hydrogen-bond donors (Lipinski definition) is 1. The molecule has 1 saturated heterocycles. The van der Waals surface area contributed by atoms with Crippen molar-refractivity contribution in [3.05, 3.63) is 22.8 Å². The Morgan fingerprint density at radius 3 is 2.76 bits per heavy atom. The van der Waals surface area contributed by atoms with Gasteiger partial charge in [0.25, 0.3) is 0 Å². The molecular formula is C13H20BrN3. The standard InChI is InChI=1S/C13H20BrN3/c14-12-5-6-13(16-11-12)15-7-4-10-17-8-2-1-3-9-17/h5-6,11H,1-4,7-10H2,(H,15,16). The zero-order valence-electron chi connectivity index (χ0n) is 10.2. The van der Waals surface area contributed by atoms with Crippen LogP contribution in [0, 0.1) is 0 Å². The van der Waals surface area contributed by atoms with Gasteiger partial charge in [0.1, 0.15) is 5.82 Å². The minimum absolute atomic E-state index is 0.965. The molecule has 1 aliphatic heterocycles. The van der Waals surface area contributed by atoms with Gasteiger partial charge >= 0.3 is 0 Å². The van der Waals surface area contributed by atoms with E-state index in [-0.39, 0.29) is 0 Å². The summed E-state index contributed by atoms with van der Waals surface area (Å²) >= 11 is 3.38. The molecule has 0 radical (unpaired) electrons. The first-order valence-electron chi connectivity index (χ1n) is 6.42. The van der Waals surface area contributed by atoms with Crippen molar-refractivity contribution in [2.24, 2.45) is 0 Å². The van der Waals surface area contributed by atoms with Crippen LogP contribution in [0.2, 0.25) is 0 Å². The normalized spacial score (nSPS) is 17.0. The first kappa shape index (κ1) is 12.8. The van der Waals surface area contributed by atoms with Gasteiger partial charge < -0.3 is 10.2 Å². The topological polar surface area (TPSA) is 28.2 Å². The van der Waals surface area contributed by atoms with Crippen molar-refractivity contribution in [1.29, 1.82) is 0 Å². The Balaban J connectivity index is 1.60. The number of hydrogen-bond acceptors (Lipinski definition) is 3. The molecule has 1 aromatic heterocycles. The number of nitrogens with one attached hydrogen (secondary N) is 1. The largest absolute Gasteiger partial charge is 0.370 e. The van der Waals surface area contributed by atoms with Crippen LogP contribution in [0.1, 0.15) is 25.7 Å². The van der Waals surface area contributed by atoms with Gasteiger partial charge in [-0.2, -0.15) is 0 Å². The summed E-state index contributed by atoms with van der Waals surface area (Å²) in [5.41, 5.74) is 0. The second kappa shape index (κ2) is 6.97.